The number of hydrogen-bond acceptors (Lipinski definition) is 3. The molecule has 0 fully saturated rings. The van der Waals surface area contributed by atoms with E-state index in [4.69, 9.17) is 11.6 Å². The van der Waals surface area contributed by atoms with Gasteiger partial charge in [-0.1, -0.05) is 11.6 Å². The summed E-state index contributed by atoms with van der Waals surface area (Å²) in [6.45, 7) is 0.846. The zero-order valence-electron chi connectivity index (χ0n) is 15.3. The van der Waals surface area contributed by atoms with E-state index in [9.17, 15) is 35.2 Å². The molecule has 1 amide bonds. The van der Waals surface area contributed by atoms with E-state index >= 15 is 0 Å². The zero-order valence-corrected chi connectivity index (χ0v) is 16.9. The number of nitrogens with zero attached hydrogens (tertiary/aromatic N) is 1. The second-order valence-electron chi connectivity index (χ2n) is 6.66. The SMILES string of the molecule is CC(NS(=O)(=O)c1c(Cl)c(C(=O)Nc2ccc(F)c(F)c2)n2c1CCC2)C(F)(F)F. The Bertz CT molecular complexity index is 1110. The average Bonchev–Trinajstić information content (AvgIpc) is 3.15. The van der Waals surface area contributed by atoms with E-state index < -0.39 is 49.7 Å². The fourth-order valence-electron chi connectivity index (χ4n) is 3.13. The molecule has 0 bridgehead atoms. The summed E-state index contributed by atoms with van der Waals surface area (Å²) in [5, 5.41) is 1.73. The first-order valence-corrected chi connectivity index (χ1v) is 10.5. The summed E-state index contributed by atoms with van der Waals surface area (Å²) in [6.07, 6.45) is -4.21. The molecule has 1 aromatic heterocycles. The summed E-state index contributed by atoms with van der Waals surface area (Å²) >= 11 is 6.13. The Hall–Kier alpha value is -2.18. The van der Waals surface area contributed by atoms with Gasteiger partial charge >= 0.3 is 6.18 Å². The molecule has 2 aromatic rings. The van der Waals surface area contributed by atoms with Gasteiger partial charge in [-0.15, -0.1) is 0 Å². The normalized spacial score (nSPS) is 15.2. The highest BCUT2D eigenvalue weighted by Crippen LogP contribution is 2.37. The summed E-state index contributed by atoms with van der Waals surface area (Å²) in [4.78, 5) is 12.1. The predicted octanol–water partition coefficient (Wildman–Crippen LogP) is 3.85. The molecule has 0 spiro atoms. The molecule has 2 heterocycles. The van der Waals surface area contributed by atoms with E-state index in [2.05, 4.69) is 5.32 Å². The Morgan fingerprint density at radius 3 is 2.50 bits per heavy atom. The fourth-order valence-corrected chi connectivity index (χ4v) is 5.30. The lowest BCUT2D eigenvalue weighted by Gasteiger charge is -2.17. The van der Waals surface area contributed by atoms with Crippen molar-refractivity contribution in [1.29, 1.82) is 0 Å². The Morgan fingerprint density at radius 2 is 1.90 bits per heavy atom. The molecule has 1 atom stereocenters. The van der Waals surface area contributed by atoms with Crippen molar-refractivity contribution in [3.63, 3.8) is 0 Å². The van der Waals surface area contributed by atoms with Crippen molar-refractivity contribution in [2.75, 3.05) is 5.32 Å². The maximum absolute atomic E-state index is 13.4. The lowest BCUT2D eigenvalue weighted by atomic mass is 10.2. The highest BCUT2D eigenvalue weighted by atomic mass is 35.5. The number of carbonyl (C=O) groups is 1. The summed E-state index contributed by atoms with van der Waals surface area (Å²) in [5.74, 6) is -3.26. The number of sulfonamides is 1. The minimum absolute atomic E-state index is 0.0947. The summed E-state index contributed by atoms with van der Waals surface area (Å²) in [5.41, 5.74) is -0.317. The molecule has 0 radical (unpaired) electrons. The molecule has 1 unspecified atom stereocenters. The number of alkyl halides is 3. The maximum Gasteiger partial charge on any atom is 0.404 e. The number of aromatic nitrogens is 1. The number of benzene rings is 1. The molecular formula is C17H15ClF5N3O3S. The van der Waals surface area contributed by atoms with Crippen molar-refractivity contribution >= 4 is 33.2 Å². The van der Waals surface area contributed by atoms with E-state index in [1.807, 2.05) is 0 Å². The Balaban J connectivity index is 2.00. The zero-order chi connectivity index (χ0) is 22.4. The van der Waals surface area contributed by atoms with Crippen LogP contribution in [0.1, 0.15) is 29.5 Å². The molecule has 0 saturated carbocycles. The number of fused-ring (bicyclic) bond motifs is 1. The lowest BCUT2D eigenvalue weighted by Crippen LogP contribution is -2.43. The minimum Gasteiger partial charge on any atom is -0.338 e. The quantitative estimate of drug-likeness (QED) is 0.650. The summed E-state index contributed by atoms with van der Waals surface area (Å²) in [6, 6.07) is 0.213. The first kappa shape index (κ1) is 22.5. The topological polar surface area (TPSA) is 80.2 Å². The first-order valence-electron chi connectivity index (χ1n) is 8.59. The molecule has 1 aliphatic rings. The molecule has 13 heteroatoms. The van der Waals surface area contributed by atoms with Gasteiger partial charge in [-0.25, -0.2) is 17.2 Å². The van der Waals surface area contributed by atoms with Crippen molar-refractivity contribution in [2.24, 2.45) is 0 Å². The summed E-state index contributed by atoms with van der Waals surface area (Å²) in [7, 11) is -4.71. The lowest BCUT2D eigenvalue weighted by molar-refractivity contribution is -0.147. The van der Waals surface area contributed by atoms with Crippen LogP contribution in [0.15, 0.2) is 23.1 Å². The third kappa shape index (κ3) is 4.16. The number of halogens is 6. The second kappa shape index (κ2) is 7.82. The minimum atomic E-state index is -4.82. The van der Waals surface area contributed by atoms with Gasteiger partial charge < -0.3 is 9.88 Å². The van der Waals surface area contributed by atoms with Gasteiger partial charge in [-0.05, 0) is 31.9 Å². The molecule has 164 valence electrons. The van der Waals surface area contributed by atoms with E-state index in [0.29, 0.717) is 13.3 Å². The van der Waals surface area contributed by atoms with Crippen molar-refractivity contribution < 1.29 is 35.2 Å². The van der Waals surface area contributed by atoms with Gasteiger partial charge in [-0.3, -0.25) is 4.79 Å². The Kier molecular flexibility index (Phi) is 5.87. The molecule has 0 saturated heterocycles. The van der Waals surface area contributed by atoms with Crippen LogP contribution >= 0.6 is 11.6 Å². The van der Waals surface area contributed by atoms with Crippen LogP contribution in [0, 0.1) is 11.6 Å². The van der Waals surface area contributed by atoms with Crippen LogP contribution in [0.25, 0.3) is 0 Å². The number of anilines is 1. The van der Waals surface area contributed by atoms with Gasteiger partial charge in [-0.2, -0.15) is 17.9 Å². The van der Waals surface area contributed by atoms with E-state index in [1.165, 1.54) is 9.29 Å². The molecule has 2 N–H and O–H groups in total. The average molecular weight is 472 g/mol. The first-order chi connectivity index (χ1) is 13.8. The molecule has 3 rings (SSSR count). The van der Waals surface area contributed by atoms with Gasteiger partial charge in [0.2, 0.25) is 10.0 Å². The van der Waals surface area contributed by atoms with Crippen LogP contribution in [0.3, 0.4) is 0 Å². The maximum atomic E-state index is 13.4. The third-order valence-electron chi connectivity index (χ3n) is 4.54. The van der Waals surface area contributed by atoms with Crippen molar-refractivity contribution in [3.8, 4) is 0 Å². The number of amides is 1. The highest BCUT2D eigenvalue weighted by Gasteiger charge is 2.42. The van der Waals surface area contributed by atoms with Gasteiger partial charge in [0.1, 0.15) is 16.6 Å². The summed E-state index contributed by atoms with van der Waals surface area (Å²) < 4.78 is 92.9. The van der Waals surface area contributed by atoms with Crippen LogP contribution < -0.4 is 10.0 Å². The van der Waals surface area contributed by atoms with Gasteiger partial charge in [0, 0.05) is 24.0 Å². The van der Waals surface area contributed by atoms with Crippen LogP contribution in [0.5, 0.6) is 0 Å². The van der Waals surface area contributed by atoms with E-state index in [-0.39, 0.29) is 30.0 Å². The Morgan fingerprint density at radius 1 is 1.23 bits per heavy atom. The van der Waals surface area contributed by atoms with Crippen molar-refractivity contribution in [1.82, 2.24) is 9.29 Å². The van der Waals surface area contributed by atoms with Gasteiger partial charge in [0.25, 0.3) is 5.91 Å². The number of nitrogens with one attached hydrogen (secondary N) is 2. The molecule has 6 nitrogen and oxygen atoms in total. The smallest absolute Gasteiger partial charge is 0.338 e. The highest BCUT2D eigenvalue weighted by molar-refractivity contribution is 7.89. The standard InChI is InChI=1S/C17H15ClF5N3O3S/c1-8(17(21,22)23)25-30(28,29)15-12-3-2-6-26(12)14(13(15)18)16(27)24-9-4-5-10(19)11(20)7-9/h4-5,7-8,25H,2-3,6H2,1H3,(H,24,27). The monoisotopic (exact) mass is 471 g/mol. The Labute approximate surface area is 173 Å². The van der Waals surface area contributed by atoms with Gasteiger partial charge in [0.05, 0.1) is 5.02 Å². The van der Waals surface area contributed by atoms with Crippen LogP contribution in [-0.4, -0.2) is 31.1 Å². The fraction of sp³-hybridized carbons (Fsp3) is 0.353. The van der Waals surface area contributed by atoms with Crippen molar-refractivity contribution in [2.45, 2.75) is 43.4 Å². The number of hydrogen-bond donors (Lipinski definition) is 2. The predicted molar refractivity (Wildman–Crippen MR) is 97.9 cm³/mol. The molecule has 1 aliphatic heterocycles. The van der Waals surface area contributed by atoms with E-state index in [0.717, 1.165) is 18.2 Å². The molecule has 0 aliphatic carbocycles. The van der Waals surface area contributed by atoms with Crippen LogP contribution in [0.4, 0.5) is 27.6 Å². The molecule has 30 heavy (non-hydrogen) atoms. The third-order valence-corrected chi connectivity index (χ3v) is 6.67. The van der Waals surface area contributed by atoms with Crippen molar-refractivity contribution in [3.05, 3.63) is 46.2 Å². The molecular weight excluding hydrogens is 457 g/mol. The number of rotatable bonds is 5. The van der Waals surface area contributed by atoms with Crippen LogP contribution in [0.2, 0.25) is 5.02 Å². The van der Waals surface area contributed by atoms with Gasteiger partial charge in [0.15, 0.2) is 11.6 Å². The van der Waals surface area contributed by atoms with E-state index in [1.54, 1.807) is 0 Å². The number of carbonyl (C=O) groups excluding carboxylic acids is 1. The molecule has 1 aromatic carbocycles. The second-order valence-corrected chi connectivity index (χ2v) is 8.69. The largest absolute Gasteiger partial charge is 0.404 e. The van der Waals surface area contributed by atoms with Crippen LogP contribution in [-0.2, 0) is 23.0 Å².